The Bertz CT molecular complexity index is 1110. The van der Waals surface area contributed by atoms with Gasteiger partial charge in [0.05, 0.1) is 13.0 Å². The fraction of sp³-hybridized carbons (Fsp3) is 0.160. The summed E-state index contributed by atoms with van der Waals surface area (Å²) in [6, 6.07) is 20.6. The highest BCUT2D eigenvalue weighted by Gasteiger charge is 2.09. The Balaban J connectivity index is 1.50. The Hall–Kier alpha value is -3.73. The highest BCUT2D eigenvalue weighted by Crippen LogP contribution is 2.25. The molecule has 5 nitrogen and oxygen atoms in total. The number of imidazole rings is 1. The zero-order valence-corrected chi connectivity index (χ0v) is 17.2. The molecule has 0 N–H and O–H groups in total. The van der Waals surface area contributed by atoms with Crippen LogP contribution in [0.2, 0.25) is 0 Å². The van der Waals surface area contributed by atoms with E-state index in [1.807, 2.05) is 36.8 Å². The van der Waals surface area contributed by atoms with Gasteiger partial charge in [0.15, 0.2) is 0 Å². The highest BCUT2D eigenvalue weighted by atomic mass is 16.2. The fourth-order valence-electron chi connectivity index (χ4n) is 3.34. The largest absolute Gasteiger partial charge is 0.349 e. The third kappa shape index (κ3) is 4.46. The number of hydrogen-bond acceptors (Lipinski definition) is 3. The van der Waals surface area contributed by atoms with Crippen molar-refractivity contribution < 1.29 is 4.79 Å². The number of carbonyl (C=O) groups excluding carboxylic acids is 1. The second kappa shape index (κ2) is 8.74. The summed E-state index contributed by atoms with van der Waals surface area (Å²) >= 11 is 0. The van der Waals surface area contributed by atoms with Crippen molar-refractivity contribution in [1.82, 2.24) is 19.4 Å². The standard InChI is InChI=1S/C25H24N4O/c1-28(2)24(30)16-19-5-7-21(8-6-19)22-9-11-23(12-10-22)25-27-14-15-29(25)18-20-4-3-13-26-17-20/h3-15,17H,16,18H2,1-2H3. The zero-order valence-electron chi connectivity index (χ0n) is 17.2. The fourth-order valence-corrected chi connectivity index (χ4v) is 3.34. The Morgan fingerprint density at radius 3 is 2.17 bits per heavy atom. The van der Waals surface area contributed by atoms with Crippen LogP contribution in [0.3, 0.4) is 0 Å². The van der Waals surface area contributed by atoms with Gasteiger partial charge >= 0.3 is 0 Å². The molecule has 0 bridgehead atoms. The minimum Gasteiger partial charge on any atom is -0.349 e. The number of rotatable bonds is 6. The topological polar surface area (TPSA) is 51.0 Å². The van der Waals surface area contributed by atoms with E-state index in [4.69, 9.17) is 0 Å². The van der Waals surface area contributed by atoms with E-state index in [2.05, 4.69) is 57.0 Å². The number of aromatic nitrogens is 3. The van der Waals surface area contributed by atoms with E-state index in [9.17, 15) is 4.79 Å². The van der Waals surface area contributed by atoms with Gasteiger partial charge in [0.2, 0.25) is 5.91 Å². The Labute approximate surface area is 176 Å². The van der Waals surface area contributed by atoms with Gasteiger partial charge in [-0.2, -0.15) is 0 Å². The summed E-state index contributed by atoms with van der Waals surface area (Å²) in [7, 11) is 3.56. The Morgan fingerprint density at radius 2 is 1.53 bits per heavy atom. The minimum atomic E-state index is 0.105. The van der Waals surface area contributed by atoms with Gasteiger partial charge in [-0.3, -0.25) is 9.78 Å². The van der Waals surface area contributed by atoms with Crippen molar-refractivity contribution in [3.63, 3.8) is 0 Å². The predicted molar refractivity (Wildman–Crippen MR) is 119 cm³/mol. The second-order valence-electron chi connectivity index (χ2n) is 7.48. The van der Waals surface area contributed by atoms with Crippen LogP contribution in [0, 0.1) is 0 Å². The van der Waals surface area contributed by atoms with Crippen molar-refractivity contribution >= 4 is 5.91 Å². The summed E-state index contributed by atoms with van der Waals surface area (Å²) in [5.41, 5.74) is 5.49. The molecule has 4 rings (SSSR count). The molecule has 0 unspecified atom stereocenters. The molecular weight excluding hydrogens is 372 g/mol. The van der Waals surface area contributed by atoms with Crippen molar-refractivity contribution in [2.75, 3.05) is 14.1 Å². The Kier molecular flexibility index (Phi) is 5.70. The van der Waals surface area contributed by atoms with Gasteiger partial charge in [0.1, 0.15) is 5.82 Å². The summed E-state index contributed by atoms with van der Waals surface area (Å²) in [6.45, 7) is 0.734. The zero-order chi connectivity index (χ0) is 20.9. The molecule has 2 aromatic heterocycles. The van der Waals surface area contributed by atoms with Crippen LogP contribution in [0.25, 0.3) is 22.5 Å². The number of nitrogens with zero attached hydrogens (tertiary/aromatic N) is 4. The molecule has 5 heteroatoms. The number of amides is 1. The maximum atomic E-state index is 11.9. The van der Waals surface area contributed by atoms with Crippen LogP contribution >= 0.6 is 0 Å². The molecule has 2 aromatic carbocycles. The number of pyridine rings is 1. The first kappa shape index (κ1) is 19.6. The maximum Gasteiger partial charge on any atom is 0.226 e. The van der Waals surface area contributed by atoms with E-state index in [0.717, 1.165) is 40.2 Å². The van der Waals surface area contributed by atoms with Crippen molar-refractivity contribution in [3.8, 4) is 22.5 Å². The first-order valence-electron chi connectivity index (χ1n) is 9.90. The highest BCUT2D eigenvalue weighted by molar-refractivity contribution is 5.78. The van der Waals surface area contributed by atoms with E-state index in [1.165, 1.54) is 0 Å². The molecule has 0 aliphatic carbocycles. The lowest BCUT2D eigenvalue weighted by atomic mass is 10.0. The second-order valence-corrected chi connectivity index (χ2v) is 7.48. The van der Waals surface area contributed by atoms with Crippen LogP contribution in [0.4, 0.5) is 0 Å². The third-order valence-corrected chi connectivity index (χ3v) is 5.08. The smallest absolute Gasteiger partial charge is 0.226 e. The summed E-state index contributed by atoms with van der Waals surface area (Å²) < 4.78 is 2.13. The summed E-state index contributed by atoms with van der Waals surface area (Å²) in [6.07, 6.45) is 7.90. The lowest BCUT2D eigenvalue weighted by molar-refractivity contribution is -0.127. The monoisotopic (exact) mass is 396 g/mol. The van der Waals surface area contributed by atoms with Gasteiger partial charge in [-0.05, 0) is 28.3 Å². The van der Waals surface area contributed by atoms with Gasteiger partial charge in [0, 0.05) is 44.4 Å². The average Bonchev–Trinajstić information content (AvgIpc) is 3.23. The van der Waals surface area contributed by atoms with Crippen LogP contribution in [-0.4, -0.2) is 39.4 Å². The summed E-state index contributed by atoms with van der Waals surface area (Å²) in [5, 5.41) is 0. The molecule has 0 saturated heterocycles. The van der Waals surface area contributed by atoms with Crippen LogP contribution in [-0.2, 0) is 17.8 Å². The SMILES string of the molecule is CN(C)C(=O)Cc1ccc(-c2ccc(-c3nccn3Cc3cccnc3)cc2)cc1. The number of hydrogen-bond donors (Lipinski definition) is 0. The first-order chi connectivity index (χ1) is 14.6. The quantitative estimate of drug-likeness (QED) is 0.488. The third-order valence-electron chi connectivity index (χ3n) is 5.08. The molecule has 0 aliphatic heterocycles. The molecule has 0 spiro atoms. The van der Waals surface area contributed by atoms with Crippen molar-refractivity contribution in [2.24, 2.45) is 0 Å². The molecule has 0 atom stereocenters. The average molecular weight is 396 g/mol. The van der Waals surface area contributed by atoms with Crippen molar-refractivity contribution in [3.05, 3.63) is 96.6 Å². The number of carbonyl (C=O) groups is 1. The molecule has 150 valence electrons. The van der Waals surface area contributed by atoms with Crippen molar-refractivity contribution in [2.45, 2.75) is 13.0 Å². The Morgan fingerprint density at radius 1 is 0.867 bits per heavy atom. The number of likely N-dealkylation sites (N-methyl/N-ethyl adjacent to an activating group) is 1. The van der Waals surface area contributed by atoms with Gasteiger partial charge in [0.25, 0.3) is 0 Å². The molecule has 30 heavy (non-hydrogen) atoms. The van der Waals surface area contributed by atoms with Gasteiger partial charge < -0.3 is 9.47 Å². The van der Waals surface area contributed by atoms with E-state index in [-0.39, 0.29) is 5.91 Å². The summed E-state index contributed by atoms with van der Waals surface area (Å²) in [5.74, 6) is 1.04. The predicted octanol–water partition coefficient (Wildman–Crippen LogP) is 4.29. The molecule has 1 amide bonds. The lowest BCUT2D eigenvalue weighted by Gasteiger charge is -2.11. The van der Waals surface area contributed by atoms with E-state index < -0.39 is 0 Å². The molecule has 2 heterocycles. The van der Waals surface area contributed by atoms with E-state index >= 15 is 0 Å². The normalized spacial score (nSPS) is 10.7. The van der Waals surface area contributed by atoms with Crippen molar-refractivity contribution in [1.29, 1.82) is 0 Å². The van der Waals surface area contributed by atoms with Gasteiger partial charge in [-0.15, -0.1) is 0 Å². The summed E-state index contributed by atoms with van der Waals surface area (Å²) in [4.78, 5) is 22.2. The number of benzene rings is 2. The molecule has 0 aliphatic rings. The van der Waals surface area contributed by atoms with Crippen LogP contribution in [0.5, 0.6) is 0 Å². The first-order valence-corrected chi connectivity index (χ1v) is 9.90. The lowest BCUT2D eigenvalue weighted by Crippen LogP contribution is -2.23. The molecule has 0 radical (unpaired) electrons. The maximum absolute atomic E-state index is 11.9. The molecular formula is C25H24N4O. The van der Waals surface area contributed by atoms with E-state index in [1.54, 1.807) is 25.2 Å². The van der Waals surface area contributed by atoms with Crippen LogP contribution < -0.4 is 0 Å². The minimum absolute atomic E-state index is 0.105. The van der Waals surface area contributed by atoms with Gasteiger partial charge in [-0.25, -0.2) is 4.98 Å². The van der Waals surface area contributed by atoms with Crippen LogP contribution in [0.1, 0.15) is 11.1 Å². The van der Waals surface area contributed by atoms with E-state index in [0.29, 0.717) is 6.42 Å². The molecule has 4 aromatic rings. The van der Waals surface area contributed by atoms with Gasteiger partial charge in [-0.1, -0.05) is 54.6 Å². The molecule has 0 saturated carbocycles. The molecule has 0 fully saturated rings. The van der Waals surface area contributed by atoms with Crippen LogP contribution in [0.15, 0.2) is 85.5 Å².